The van der Waals surface area contributed by atoms with E-state index >= 15 is 0 Å². The molecule has 37 heavy (non-hydrogen) atoms. The molecule has 0 saturated carbocycles. The quantitative estimate of drug-likeness (QED) is 0.190. The second-order valence-electron chi connectivity index (χ2n) is 9.68. The minimum atomic E-state index is -1.01. The molecule has 0 amide bonds. The lowest BCUT2D eigenvalue weighted by Gasteiger charge is -2.22. The van der Waals surface area contributed by atoms with Crippen LogP contribution in [0, 0.1) is 23.4 Å². The zero-order chi connectivity index (χ0) is 26.2. The van der Waals surface area contributed by atoms with Crippen LogP contribution >= 0.6 is 0 Å². The third-order valence-corrected chi connectivity index (χ3v) is 7.05. The Bertz CT molecular complexity index is 1220. The van der Waals surface area contributed by atoms with Gasteiger partial charge >= 0.3 is 0 Å². The van der Waals surface area contributed by atoms with Crippen LogP contribution in [0.4, 0.5) is 13.2 Å². The van der Waals surface area contributed by atoms with Gasteiger partial charge in [-0.15, -0.1) is 0 Å². The highest BCUT2D eigenvalue weighted by Crippen LogP contribution is 2.33. The third kappa shape index (κ3) is 6.76. The van der Waals surface area contributed by atoms with E-state index in [0.717, 1.165) is 18.8 Å². The van der Waals surface area contributed by atoms with Gasteiger partial charge in [-0.05, 0) is 73.1 Å². The van der Waals surface area contributed by atoms with E-state index in [4.69, 9.17) is 9.47 Å². The molecule has 1 aliphatic carbocycles. The largest absolute Gasteiger partial charge is 0.491 e. The van der Waals surface area contributed by atoms with Crippen LogP contribution in [0.5, 0.6) is 11.5 Å². The van der Waals surface area contributed by atoms with Gasteiger partial charge in [-0.2, -0.15) is 4.39 Å². The fraction of sp³-hybridized carbons (Fsp3) is 0.375. The van der Waals surface area contributed by atoms with Gasteiger partial charge in [0.05, 0.1) is 6.61 Å². The molecular formula is C32H35F3O2. The average molecular weight is 509 g/mol. The van der Waals surface area contributed by atoms with Crippen molar-refractivity contribution in [2.75, 3.05) is 13.2 Å². The molecular weight excluding hydrogens is 473 g/mol. The van der Waals surface area contributed by atoms with Crippen LogP contribution in [-0.2, 0) is 0 Å². The van der Waals surface area contributed by atoms with Gasteiger partial charge in [0, 0.05) is 17.2 Å². The minimum absolute atomic E-state index is 0.115. The van der Waals surface area contributed by atoms with Gasteiger partial charge < -0.3 is 9.47 Å². The lowest BCUT2D eigenvalue weighted by molar-refractivity contribution is 0.314. The predicted molar refractivity (Wildman–Crippen MR) is 143 cm³/mol. The maximum Gasteiger partial charge on any atom is 0.201 e. The number of benzene rings is 3. The first-order valence-electron chi connectivity index (χ1n) is 13.3. The first-order valence-corrected chi connectivity index (χ1v) is 13.3. The summed E-state index contributed by atoms with van der Waals surface area (Å²) in [4.78, 5) is 0. The average Bonchev–Trinajstić information content (AvgIpc) is 2.91. The van der Waals surface area contributed by atoms with Crippen molar-refractivity contribution in [1.82, 2.24) is 0 Å². The van der Waals surface area contributed by atoms with Gasteiger partial charge in [0.25, 0.3) is 0 Å². The molecule has 0 fully saturated rings. The van der Waals surface area contributed by atoms with E-state index in [1.165, 1.54) is 55.9 Å². The monoisotopic (exact) mass is 508 g/mol. The molecule has 4 rings (SSSR count). The lowest BCUT2D eigenvalue weighted by atomic mass is 9.86. The first-order chi connectivity index (χ1) is 18.0. The molecule has 0 aliphatic heterocycles. The minimum Gasteiger partial charge on any atom is -0.491 e. The summed E-state index contributed by atoms with van der Waals surface area (Å²) in [7, 11) is 0. The van der Waals surface area contributed by atoms with Gasteiger partial charge in [-0.25, -0.2) is 8.78 Å². The number of unbranched alkanes of at least 4 members (excludes halogenated alkanes) is 2. The molecule has 5 heteroatoms. The maximum atomic E-state index is 14.9. The van der Waals surface area contributed by atoms with E-state index in [1.54, 1.807) is 43.3 Å². The molecule has 196 valence electrons. The molecule has 0 aromatic heterocycles. The number of hydrogen-bond acceptors (Lipinski definition) is 2. The van der Waals surface area contributed by atoms with Gasteiger partial charge in [0.15, 0.2) is 11.6 Å². The summed E-state index contributed by atoms with van der Waals surface area (Å²) in [5.41, 5.74) is 2.97. The molecule has 3 aromatic rings. The zero-order valence-electron chi connectivity index (χ0n) is 21.7. The fourth-order valence-electron chi connectivity index (χ4n) is 4.87. The van der Waals surface area contributed by atoms with Crippen LogP contribution in [0.15, 0.2) is 66.2 Å². The van der Waals surface area contributed by atoms with Crippen molar-refractivity contribution in [2.45, 2.75) is 58.8 Å². The van der Waals surface area contributed by atoms with Crippen LogP contribution in [0.25, 0.3) is 22.3 Å². The van der Waals surface area contributed by atoms with Gasteiger partial charge in [0.2, 0.25) is 5.82 Å². The van der Waals surface area contributed by atoms with E-state index in [2.05, 4.69) is 13.0 Å². The molecule has 1 unspecified atom stereocenters. The number of hydrogen-bond donors (Lipinski definition) is 0. The SMILES string of the molecule is CCCCCC1CC=C(COc2ccc(-c3ccc(-c4ccc(OCC)c(F)c4F)cc3)c(F)c2)CC1. The molecule has 0 saturated heterocycles. The summed E-state index contributed by atoms with van der Waals surface area (Å²) >= 11 is 0. The summed E-state index contributed by atoms with van der Waals surface area (Å²) < 4.78 is 54.8. The van der Waals surface area contributed by atoms with Crippen molar-refractivity contribution in [3.8, 4) is 33.8 Å². The number of rotatable bonds is 11. The standard InChI is InChI=1S/C32H35F3O2/c1-3-5-6-7-22-8-10-23(11-9-22)21-37-26-16-17-27(29(33)20-26)24-12-14-25(15-13-24)28-18-19-30(36-4-2)32(35)31(28)34/h10,12-20,22H,3-9,11,21H2,1-2H3. The Labute approximate surface area is 218 Å². The lowest BCUT2D eigenvalue weighted by Crippen LogP contribution is -2.10. The van der Waals surface area contributed by atoms with Crippen LogP contribution in [-0.4, -0.2) is 13.2 Å². The highest BCUT2D eigenvalue weighted by molar-refractivity contribution is 5.71. The van der Waals surface area contributed by atoms with Crippen LogP contribution in [0.2, 0.25) is 0 Å². The number of allylic oxidation sites excluding steroid dienone is 1. The van der Waals surface area contributed by atoms with Crippen molar-refractivity contribution < 1.29 is 22.6 Å². The normalized spacial score (nSPS) is 15.4. The van der Waals surface area contributed by atoms with Gasteiger partial charge in [-0.1, -0.05) is 62.9 Å². The van der Waals surface area contributed by atoms with E-state index in [1.807, 2.05) is 0 Å². The highest BCUT2D eigenvalue weighted by Gasteiger charge is 2.17. The highest BCUT2D eigenvalue weighted by atomic mass is 19.2. The fourth-order valence-corrected chi connectivity index (χ4v) is 4.87. The van der Waals surface area contributed by atoms with E-state index in [-0.39, 0.29) is 17.9 Å². The van der Waals surface area contributed by atoms with E-state index in [9.17, 15) is 13.2 Å². The van der Waals surface area contributed by atoms with E-state index in [0.29, 0.717) is 29.0 Å². The molecule has 3 aromatic carbocycles. The molecule has 0 bridgehead atoms. The van der Waals surface area contributed by atoms with Crippen molar-refractivity contribution in [2.24, 2.45) is 5.92 Å². The third-order valence-electron chi connectivity index (χ3n) is 7.05. The topological polar surface area (TPSA) is 18.5 Å². The Morgan fingerprint density at radius 1 is 0.811 bits per heavy atom. The second kappa shape index (κ2) is 12.8. The number of ether oxygens (including phenoxy) is 2. The smallest absolute Gasteiger partial charge is 0.201 e. The Balaban J connectivity index is 1.38. The van der Waals surface area contributed by atoms with Gasteiger partial charge in [0.1, 0.15) is 18.2 Å². The molecule has 0 radical (unpaired) electrons. The molecule has 2 nitrogen and oxygen atoms in total. The molecule has 0 spiro atoms. The molecule has 0 N–H and O–H groups in total. The Morgan fingerprint density at radius 3 is 2.19 bits per heavy atom. The Hall–Kier alpha value is -3.21. The Morgan fingerprint density at radius 2 is 1.54 bits per heavy atom. The summed E-state index contributed by atoms with van der Waals surface area (Å²) in [5, 5.41) is 0. The van der Waals surface area contributed by atoms with Crippen molar-refractivity contribution in [3.63, 3.8) is 0 Å². The summed E-state index contributed by atoms with van der Waals surface area (Å²) in [6.45, 7) is 4.67. The molecule has 0 heterocycles. The molecule has 1 atom stereocenters. The maximum absolute atomic E-state index is 14.9. The van der Waals surface area contributed by atoms with Gasteiger partial charge in [-0.3, -0.25) is 0 Å². The van der Waals surface area contributed by atoms with Crippen LogP contribution in [0.3, 0.4) is 0 Å². The zero-order valence-corrected chi connectivity index (χ0v) is 21.7. The van der Waals surface area contributed by atoms with Crippen molar-refractivity contribution in [1.29, 1.82) is 0 Å². The second-order valence-corrected chi connectivity index (χ2v) is 9.68. The Kier molecular flexibility index (Phi) is 9.32. The van der Waals surface area contributed by atoms with E-state index < -0.39 is 17.5 Å². The number of halogens is 3. The summed E-state index contributed by atoms with van der Waals surface area (Å²) in [5.74, 6) is -1.21. The predicted octanol–water partition coefficient (Wildman–Crippen LogP) is 9.52. The van der Waals surface area contributed by atoms with Crippen molar-refractivity contribution in [3.05, 3.63) is 83.7 Å². The summed E-state index contributed by atoms with van der Waals surface area (Å²) in [6, 6.07) is 14.5. The van der Waals surface area contributed by atoms with Crippen LogP contribution < -0.4 is 9.47 Å². The van der Waals surface area contributed by atoms with Crippen molar-refractivity contribution >= 4 is 0 Å². The van der Waals surface area contributed by atoms with Crippen LogP contribution in [0.1, 0.15) is 58.8 Å². The molecule has 1 aliphatic rings. The first kappa shape index (κ1) is 26.8. The summed E-state index contributed by atoms with van der Waals surface area (Å²) in [6.07, 6.45) is 10.8.